The van der Waals surface area contributed by atoms with Gasteiger partial charge in [0.2, 0.25) is 0 Å². The molecule has 2 nitrogen and oxygen atoms in total. The Bertz CT molecular complexity index is 484. The average Bonchev–Trinajstić information content (AvgIpc) is 2.40. The van der Waals surface area contributed by atoms with Crippen LogP contribution in [-0.4, -0.2) is 5.91 Å². The molecule has 1 fully saturated rings. The number of benzene rings is 1. The van der Waals surface area contributed by atoms with Crippen molar-refractivity contribution in [1.82, 2.24) is 5.32 Å². The third-order valence-corrected chi connectivity index (χ3v) is 4.00. The Morgan fingerprint density at radius 2 is 1.89 bits per heavy atom. The lowest BCUT2D eigenvalue weighted by atomic mass is 9.87. The SMILES string of the molecule is O=C1N/C(=C/C2CCCCC2)Cc2ccccc21. The minimum atomic E-state index is 0.0545. The molecule has 0 atom stereocenters. The number of hydrogen-bond donors (Lipinski definition) is 1. The summed E-state index contributed by atoms with van der Waals surface area (Å²) in [5, 5.41) is 3.04. The summed E-state index contributed by atoms with van der Waals surface area (Å²) in [5.74, 6) is 0.721. The van der Waals surface area contributed by atoms with Crippen molar-refractivity contribution >= 4 is 5.91 Å². The maximum absolute atomic E-state index is 12.0. The van der Waals surface area contributed by atoms with Crippen molar-refractivity contribution in [1.29, 1.82) is 0 Å². The van der Waals surface area contributed by atoms with Gasteiger partial charge in [0.15, 0.2) is 0 Å². The zero-order chi connectivity index (χ0) is 12.4. The second-order valence-electron chi connectivity index (χ2n) is 5.38. The van der Waals surface area contributed by atoms with Gasteiger partial charge < -0.3 is 5.32 Å². The number of rotatable bonds is 1. The highest BCUT2D eigenvalue weighted by molar-refractivity contribution is 5.98. The minimum absolute atomic E-state index is 0.0545. The molecular weight excluding hydrogens is 222 g/mol. The van der Waals surface area contributed by atoms with Crippen LogP contribution in [0.15, 0.2) is 36.0 Å². The van der Waals surface area contributed by atoms with Crippen molar-refractivity contribution in [2.24, 2.45) is 5.92 Å². The van der Waals surface area contributed by atoms with E-state index in [1.165, 1.54) is 32.1 Å². The topological polar surface area (TPSA) is 29.1 Å². The van der Waals surface area contributed by atoms with E-state index in [-0.39, 0.29) is 5.91 Å². The summed E-state index contributed by atoms with van der Waals surface area (Å²) in [6, 6.07) is 7.90. The number of carbonyl (C=O) groups excluding carboxylic acids is 1. The number of nitrogens with one attached hydrogen (secondary N) is 1. The molecule has 1 heterocycles. The van der Waals surface area contributed by atoms with Gasteiger partial charge in [-0.2, -0.15) is 0 Å². The molecule has 1 aromatic rings. The van der Waals surface area contributed by atoms with Gasteiger partial charge in [-0.1, -0.05) is 43.5 Å². The molecule has 2 heteroatoms. The fraction of sp³-hybridized carbons (Fsp3) is 0.438. The Morgan fingerprint density at radius 1 is 1.11 bits per heavy atom. The molecule has 0 aromatic heterocycles. The van der Waals surface area contributed by atoms with E-state index in [9.17, 15) is 4.79 Å². The van der Waals surface area contributed by atoms with Crippen molar-refractivity contribution in [2.45, 2.75) is 38.5 Å². The summed E-state index contributed by atoms with van der Waals surface area (Å²) >= 11 is 0. The van der Waals surface area contributed by atoms with E-state index in [0.717, 1.165) is 23.2 Å². The molecule has 0 unspecified atom stereocenters. The molecule has 18 heavy (non-hydrogen) atoms. The lowest BCUT2D eigenvalue weighted by molar-refractivity contribution is 0.0958. The third-order valence-electron chi connectivity index (χ3n) is 4.00. The molecule has 94 valence electrons. The number of carbonyl (C=O) groups is 1. The van der Waals surface area contributed by atoms with Gasteiger partial charge in [-0.3, -0.25) is 4.79 Å². The van der Waals surface area contributed by atoms with Gasteiger partial charge in [0, 0.05) is 17.7 Å². The Hall–Kier alpha value is -1.57. The fourth-order valence-corrected chi connectivity index (χ4v) is 3.04. The number of amides is 1. The molecule has 0 spiro atoms. The van der Waals surface area contributed by atoms with Gasteiger partial charge in [-0.25, -0.2) is 0 Å². The van der Waals surface area contributed by atoms with E-state index in [1.54, 1.807) is 0 Å². The Morgan fingerprint density at radius 3 is 2.72 bits per heavy atom. The highest BCUT2D eigenvalue weighted by Crippen LogP contribution is 2.27. The first-order valence-corrected chi connectivity index (χ1v) is 6.93. The van der Waals surface area contributed by atoms with E-state index in [4.69, 9.17) is 0 Å². The summed E-state index contributed by atoms with van der Waals surface area (Å²) in [7, 11) is 0. The van der Waals surface area contributed by atoms with Crippen LogP contribution in [0.2, 0.25) is 0 Å². The largest absolute Gasteiger partial charge is 0.326 e. The lowest BCUT2D eigenvalue weighted by Gasteiger charge is -2.23. The monoisotopic (exact) mass is 241 g/mol. The molecule has 1 amide bonds. The second-order valence-corrected chi connectivity index (χ2v) is 5.38. The van der Waals surface area contributed by atoms with E-state index < -0.39 is 0 Å². The zero-order valence-electron chi connectivity index (χ0n) is 10.6. The molecule has 0 radical (unpaired) electrons. The van der Waals surface area contributed by atoms with Crippen LogP contribution in [0, 0.1) is 5.92 Å². The van der Waals surface area contributed by atoms with Crippen LogP contribution in [0.25, 0.3) is 0 Å². The third kappa shape index (κ3) is 2.33. The lowest BCUT2D eigenvalue weighted by Crippen LogP contribution is -2.30. The van der Waals surface area contributed by atoms with Crippen molar-refractivity contribution in [3.63, 3.8) is 0 Å². The van der Waals surface area contributed by atoms with Crippen molar-refractivity contribution in [3.05, 3.63) is 47.2 Å². The van der Waals surface area contributed by atoms with Crippen molar-refractivity contribution in [2.75, 3.05) is 0 Å². The quantitative estimate of drug-likeness (QED) is 0.801. The van der Waals surface area contributed by atoms with Crippen molar-refractivity contribution < 1.29 is 4.79 Å². The summed E-state index contributed by atoms with van der Waals surface area (Å²) in [6.45, 7) is 0. The molecule has 3 rings (SSSR count). The first kappa shape index (κ1) is 11.5. The van der Waals surface area contributed by atoms with Crippen LogP contribution < -0.4 is 5.32 Å². The number of fused-ring (bicyclic) bond motifs is 1. The number of hydrogen-bond acceptors (Lipinski definition) is 1. The molecule has 1 N–H and O–H groups in total. The predicted octanol–water partition coefficient (Wildman–Crippen LogP) is 3.44. The van der Waals surface area contributed by atoms with Gasteiger partial charge in [-0.05, 0) is 30.4 Å². The molecule has 1 aliphatic carbocycles. The molecule has 1 saturated carbocycles. The zero-order valence-corrected chi connectivity index (χ0v) is 10.6. The van der Waals surface area contributed by atoms with E-state index in [2.05, 4.69) is 17.5 Å². The van der Waals surface area contributed by atoms with E-state index in [0.29, 0.717) is 5.92 Å². The van der Waals surface area contributed by atoms with E-state index >= 15 is 0 Å². The summed E-state index contributed by atoms with van der Waals surface area (Å²) in [4.78, 5) is 12.0. The van der Waals surface area contributed by atoms with Gasteiger partial charge in [-0.15, -0.1) is 0 Å². The van der Waals surface area contributed by atoms with E-state index in [1.807, 2.05) is 18.2 Å². The molecule has 1 aliphatic heterocycles. The molecule has 0 bridgehead atoms. The van der Waals surface area contributed by atoms with Crippen LogP contribution in [0.5, 0.6) is 0 Å². The fourth-order valence-electron chi connectivity index (χ4n) is 3.04. The first-order chi connectivity index (χ1) is 8.83. The minimum Gasteiger partial charge on any atom is -0.326 e. The van der Waals surface area contributed by atoms with Crippen LogP contribution >= 0.6 is 0 Å². The first-order valence-electron chi connectivity index (χ1n) is 6.93. The van der Waals surface area contributed by atoms with Crippen LogP contribution in [0.1, 0.15) is 48.0 Å². The van der Waals surface area contributed by atoms with Gasteiger partial charge >= 0.3 is 0 Å². The summed E-state index contributed by atoms with van der Waals surface area (Å²) < 4.78 is 0. The second kappa shape index (κ2) is 4.97. The standard InChI is InChI=1S/C16H19NO/c18-16-15-9-5-4-8-13(15)11-14(17-16)10-12-6-2-1-3-7-12/h4-5,8-10,12H,1-3,6-7,11H2,(H,17,18)/b14-10+. The molecular formula is C16H19NO. The van der Waals surface area contributed by atoms with Crippen molar-refractivity contribution in [3.8, 4) is 0 Å². The maximum Gasteiger partial charge on any atom is 0.255 e. The van der Waals surface area contributed by atoms with Crippen LogP contribution in [-0.2, 0) is 6.42 Å². The normalized spacial score (nSPS) is 22.7. The summed E-state index contributed by atoms with van der Waals surface area (Å²) in [5.41, 5.74) is 3.09. The van der Waals surface area contributed by atoms with Gasteiger partial charge in [0.1, 0.15) is 0 Å². The molecule has 0 saturated heterocycles. The van der Waals surface area contributed by atoms with Gasteiger partial charge in [0.25, 0.3) is 5.91 Å². The highest BCUT2D eigenvalue weighted by Gasteiger charge is 2.20. The van der Waals surface area contributed by atoms with Crippen LogP contribution in [0.4, 0.5) is 0 Å². The smallest absolute Gasteiger partial charge is 0.255 e. The predicted molar refractivity (Wildman–Crippen MR) is 72.3 cm³/mol. The number of allylic oxidation sites excluding steroid dienone is 2. The Labute approximate surface area is 108 Å². The molecule has 1 aromatic carbocycles. The Balaban J connectivity index is 1.80. The molecule has 2 aliphatic rings. The maximum atomic E-state index is 12.0. The van der Waals surface area contributed by atoms with Gasteiger partial charge in [0.05, 0.1) is 0 Å². The van der Waals surface area contributed by atoms with Crippen LogP contribution in [0.3, 0.4) is 0 Å². The Kier molecular flexibility index (Phi) is 3.18. The summed E-state index contributed by atoms with van der Waals surface area (Å²) in [6.07, 6.45) is 9.76. The average molecular weight is 241 g/mol. The highest BCUT2D eigenvalue weighted by atomic mass is 16.1.